The summed E-state index contributed by atoms with van der Waals surface area (Å²) in [5, 5.41) is 13.5. The fraction of sp³-hybridized carbons (Fsp3) is 0.545. The van der Waals surface area contributed by atoms with Gasteiger partial charge in [-0.15, -0.1) is 0 Å². The van der Waals surface area contributed by atoms with Gasteiger partial charge in [0.1, 0.15) is 0 Å². The Labute approximate surface area is 117 Å². The van der Waals surface area contributed by atoms with Crippen LogP contribution in [0.15, 0.2) is 23.4 Å². The molecule has 9 heteroatoms. The molecule has 0 aromatic carbocycles. The number of likely N-dealkylation sites (N-methyl/N-ethyl adjacent to an activating group) is 1. The van der Waals surface area contributed by atoms with Gasteiger partial charge in [0, 0.05) is 31.4 Å². The van der Waals surface area contributed by atoms with Crippen LogP contribution in [0.4, 0.5) is 5.69 Å². The average molecular weight is 300 g/mol. The lowest BCUT2D eigenvalue weighted by atomic mass is 10.1. The van der Waals surface area contributed by atoms with Crippen molar-refractivity contribution < 1.29 is 13.3 Å². The zero-order valence-corrected chi connectivity index (χ0v) is 11.8. The van der Waals surface area contributed by atoms with Crippen LogP contribution < -0.4 is 5.32 Å². The number of rotatable bonds is 4. The molecule has 1 aromatic heterocycles. The van der Waals surface area contributed by atoms with E-state index in [1.165, 1.54) is 16.6 Å². The second kappa shape index (κ2) is 5.81. The van der Waals surface area contributed by atoms with Crippen LogP contribution in [-0.2, 0) is 10.0 Å². The van der Waals surface area contributed by atoms with Gasteiger partial charge in [0.15, 0.2) is 0 Å². The minimum Gasteiger partial charge on any atom is -0.316 e. The van der Waals surface area contributed by atoms with Crippen LogP contribution in [-0.4, -0.2) is 48.8 Å². The first-order valence-corrected chi connectivity index (χ1v) is 7.67. The molecule has 20 heavy (non-hydrogen) atoms. The van der Waals surface area contributed by atoms with Crippen molar-refractivity contribution >= 4 is 15.7 Å². The quantitative estimate of drug-likeness (QED) is 0.636. The molecule has 1 fully saturated rings. The summed E-state index contributed by atoms with van der Waals surface area (Å²) in [6.07, 6.45) is 2.84. The van der Waals surface area contributed by atoms with Crippen LogP contribution in [0.25, 0.3) is 0 Å². The van der Waals surface area contributed by atoms with Gasteiger partial charge in [0.2, 0.25) is 5.03 Å². The van der Waals surface area contributed by atoms with E-state index in [2.05, 4.69) is 10.3 Å². The molecule has 0 saturated carbocycles. The number of hydrogen-bond acceptors (Lipinski definition) is 6. The number of nitro groups is 1. The van der Waals surface area contributed by atoms with Gasteiger partial charge in [-0.1, -0.05) is 0 Å². The molecule has 1 aromatic rings. The zero-order valence-electron chi connectivity index (χ0n) is 11.0. The molecule has 110 valence electrons. The number of pyridine rings is 1. The van der Waals surface area contributed by atoms with Crippen molar-refractivity contribution in [1.29, 1.82) is 0 Å². The van der Waals surface area contributed by atoms with Crippen molar-refractivity contribution in [2.75, 3.05) is 20.1 Å². The predicted molar refractivity (Wildman–Crippen MR) is 71.7 cm³/mol. The first kappa shape index (κ1) is 14.8. The number of hydrogen-bond donors (Lipinski definition) is 1. The van der Waals surface area contributed by atoms with Crippen molar-refractivity contribution in [3.05, 3.63) is 28.4 Å². The topological polar surface area (TPSA) is 105 Å². The van der Waals surface area contributed by atoms with E-state index in [-0.39, 0.29) is 6.04 Å². The maximum Gasteiger partial charge on any atom is 0.308 e. The SMILES string of the molecule is CN[C@H]1CCCN(S(=O)(=O)c2ncccc2[N+](=O)[O-])C1. The monoisotopic (exact) mass is 300 g/mol. The van der Waals surface area contributed by atoms with E-state index in [4.69, 9.17) is 0 Å². The maximum atomic E-state index is 12.5. The molecule has 1 atom stereocenters. The van der Waals surface area contributed by atoms with E-state index in [9.17, 15) is 18.5 Å². The van der Waals surface area contributed by atoms with E-state index in [0.717, 1.165) is 12.5 Å². The molecule has 8 nitrogen and oxygen atoms in total. The molecular formula is C11H16N4O4S. The Morgan fingerprint density at radius 3 is 2.95 bits per heavy atom. The molecule has 0 unspecified atom stereocenters. The third-order valence-electron chi connectivity index (χ3n) is 3.32. The van der Waals surface area contributed by atoms with E-state index in [1.54, 1.807) is 7.05 Å². The minimum atomic E-state index is -3.94. The van der Waals surface area contributed by atoms with E-state index < -0.39 is 25.7 Å². The number of aromatic nitrogens is 1. The Morgan fingerprint density at radius 2 is 2.30 bits per heavy atom. The van der Waals surface area contributed by atoms with E-state index >= 15 is 0 Å². The summed E-state index contributed by atoms with van der Waals surface area (Å²) in [6, 6.07) is 2.56. The summed E-state index contributed by atoms with van der Waals surface area (Å²) in [5.74, 6) is 0. The first-order valence-electron chi connectivity index (χ1n) is 6.23. The molecule has 2 rings (SSSR count). The Balaban J connectivity index is 2.38. The molecule has 0 spiro atoms. The van der Waals surface area contributed by atoms with Crippen LogP contribution in [0, 0.1) is 10.1 Å². The molecule has 1 saturated heterocycles. The van der Waals surface area contributed by atoms with Crippen LogP contribution in [0.3, 0.4) is 0 Å². The highest BCUT2D eigenvalue weighted by Gasteiger charge is 2.35. The van der Waals surface area contributed by atoms with Gasteiger partial charge in [0.25, 0.3) is 10.0 Å². The average Bonchev–Trinajstić information content (AvgIpc) is 2.47. The second-order valence-corrected chi connectivity index (χ2v) is 6.43. The summed E-state index contributed by atoms with van der Waals surface area (Å²) in [5.41, 5.74) is -0.487. The molecule has 1 aliphatic rings. The molecule has 0 amide bonds. The normalized spacial score (nSPS) is 20.8. The van der Waals surface area contributed by atoms with Crippen molar-refractivity contribution in [2.45, 2.75) is 23.9 Å². The van der Waals surface area contributed by atoms with E-state index in [1.807, 2.05) is 0 Å². The highest BCUT2D eigenvalue weighted by atomic mass is 32.2. The number of nitrogens with one attached hydrogen (secondary N) is 1. The van der Waals surface area contributed by atoms with Crippen LogP contribution in [0.2, 0.25) is 0 Å². The van der Waals surface area contributed by atoms with Gasteiger partial charge >= 0.3 is 5.69 Å². The summed E-state index contributed by atoms with van der Waals surface area (Å²) in [6.45, 7) is 0.654. The molecule has 0 bridgehead atoms. The molecule has 2 heterocycles. The van der Waals surface area contributed by atoms with Crippen LogP contribution in [0.5, 0.6) is 0 Å². The minimum absolute atomic E-state index is 0.0568. The zero-order chi connectivity index (χ0) is 14.8. The third-order valence-corrected chi connectivity index (χ3v) is 5.14. The Hall–Kier alpha value is -1.58. The number of nitrogens with zero attached hydrogens (tertiary/aromatic N) is 3. The van der Waals surface area contributed by atoms with Crippen molar-refractivity contribution in [2.24, 2.45) is 0 Å². The summed E-state index contributed by atoms with van der Waals surface area (Å²) in [4.78, 5) is 13.9. The van der Waals surface area contributed by atoms with Crippen molar-refractivity contribution in [3.63, 3.8) is 0 Å². The molecular weight excluding hydrogens is 284 g/mol. The van der Waals surface area contributed by atoms with Gasteiger partial charge in [0.05, 0.1) is 4.92 Å². The molecule has 0 aliphatic carbocycles. The summed E-state index contributed by atoms with van der Waals surface area (Å²) < 4.78 is 26.3. The van der Waals surface area contributed by atoms with Gasteiger partial charge in [-0.25, -0.2) is 13.4 Å². The van der Waals surface area contributed by atoms with Gasteiger partial charge in [-0.05, 0) is 26.0 Å². The van der Waals surface area contributed by atoms with Gasteiger partial charge in [-0.3, -0.25) is 10.1 Å². The van der Waals surface area contributed by atoms with Crippen molar-refractivity contribution in [3.8, 4) is 0 Å². The molecule has 1 N–H and O–H groups in total. The lowest BCUT2D eigenvalue weighted by Crippen LogP contribution is -2.47. The van der Waals surface area contributed by atoms with Crippen LogP contribution >= 0.6 is 0 Å². The Kier molecular flexibility index (Phi) is 4.31. The van der Waals surface area contributed by atoms with E-state index in [0.29, 0.717) is 19.5 Å². The van der Waals surface area contributed by atoms with Gasteiger partial charge < -0.3 is 5.32 Å². The fourth-order valence-corrected chi connectivity index (χ4v) is 3.83. The Morgan fingerprint density at radius 1 is 1.55 bits per heavy atom. The first-order chi connectivity index (χ1) is 9.46. The number of sulfonamides is 1. The summed E-state index contributed by atoms with van der Waals surface area (Å²) in [7, 11) is -2.17. The molecule has 1 aliphatic heterocycles. The maximum absolute atomic E-state index is 12.5. The largest absolute Gasteiger partial charge is 0.316 e. The predicted octanol–water partition coefficient (Wildman–Crippen LogP) is 0.362. The fourth-order valence-electron chi connectivity index (χ4n) is 2.24. The highest BCUT2D eigenvalue weighted by Crippen LogP contribution is 2.26. The standard InChI is InChI=1S/C11H16N4O4S/c1-12-9-4-3-7-14(8-9)20(18,19)11-10(15(16)17)5-2-6-13-11/h2,5-6,9,12H,3-4,7-8H2,1H3/t9-/m0/s1. The number of piperidine rings is 1. The lowest BCUT2D eigenvalue weighted by Gasteiger charge is -2.31. The smallest absolute Gasteiger partial charge is 0.308 e. The lowest BCUT2D eigenvalue weighted by molar-refractivity contribution is -0.388. The Bertz CT molecular complexity index is 604. The van der Waals surface area contributed by atoms with Crippen LogP contribution in [0.1, 0.15) is 12.8 Å². The highest BCUT2D eigenvalue weighted by molar-refractivity contribution is 7.89. The third kappa shape index (κ3) is 2.79. The van der Waals surface area contributed by atoms with Crippen molar-refractivity contribution in [1.82, 2.24) is 14.6 Å². The second-order valence-electron chi connectivity index (χ2n) is 4.58. The van der Waals surface area contributed by atoms with Gasteiger partial charge in [-0.2, -0.15) is 4.31 Å². The summed E-state index contributed by atoms with van der Waals surface area (Å²) >= 11 is 0. The molecule has 0 radical (unpaired) electrons.